The van der Waals surface area contributed by atoms with E-state index in [0.717, 1.165) is 23.0 Å². The van der Waals surface area contributed by atoms with Gasteiger partial charge in [0.25, 0.3) is 5.91 Å². The molecule has 0 saturated carbocycles. The van der Waals surface area contributed by atoms with E-state index in [4.69, 9.17) is 0 Å². The van der Waals surface area contributed by atoms with Gasteiger partial charge < -0.3 is 4.57 Å². The first-order valence-corrected chi connectivity index (χ1v) is 8.31. The highest BCUT2D eigenvalue weighted by atomic mass is 32.1. The highest BCUT2D eigenvalue weighted by molar-refractivity contribution is 7.16. The van der Waals surface area contributed by atoms with Crippen LogP contribution in [-0.2, 0) is 11.3 Å². The molecule has 0 saturated heterocycles. The van der Waals surface area contributed by atoms with Crippen molar-refractivity contribution in [2.24, 2.45) is 4.99 Å². The predicted octanol–water partition coefficient (Wildman–Crippen LogP) is 4.31. The number of benzene rings is 2. The number of carbonyl (C=O) groups is 1. The molecule has 0 spiro atoms. The van der Waals surface area contributed by atoms with Crippen LogP contribution in [0.1, 0.15) is 5.56 Å². The van der Waals surface area contributed by atoms with Gasteiger partial charge in [-0.05, 0) is 17.7 Å². The number of fused-ring (bicyclic) bond motifs is 1. The summed E-state index contributed by atoms with van der Waals surface area (Å²) in [5.41, 5.74) is 1.08. The Hall–Kier alpha value is -2.86. The summed E-state index contributed by atoms with van der Waals surface area (Å²) in [6.45, 7) is 3.89. The highest BCUT2D eigenvalue weighted by Crippen LogP contribution is 2.22. The zero-order valence-electron chi connectivity index (χ0n) is 13.2. The van der Waals surface area contributed by atoms with Crippen molar-refractivity contribution in [3.63, 3.8) is 0 Å². The normalized spacial score (nSPS) is 12.2. The Morgan fingerprint density at radius 2 is 2.00 bits per heavy atom. The lowest BCUT2D eigenvalue weighted by atomic mass is 10.2. The smallest absolute Gasteiger partial charge is 0.272 e. The molecule has 3 nitrogen and oxygen atoms in total. The summed E-state index contributed by atoms with van der Waals surface area (Å²) in [6.07, 6.45) is 4.56. The average Bonchev–Trinajstić information content (AvgIpc) is 2.91. The molecule has 3 rings (SSSR count). The molecule has 0 fully saturated rings. The van der Waals surface area contributed by atoms with E-state index in [-0.39, 0.29) is 12.1 Å². The van der Waals surface area contributed by atoms with E-state index >= 15 is 0 Å². The van der Waals surface area contributed by atoms with Crippen LogP contribution in [0.3, 0.4) is 0 Å². The number of allylic oxidation sites excluding steroid dienone is 1. The number of hydrogen-bond donors (Lipinski definition) is 0. The summed E-state index contributed by atoms with van der Waals surface area (Å²) < 4.78 is 29.4. The summed E-state index contributed by atoms with van der Waals surface area (Å²) >= 11 is 1.06. The second-order valence-corrected chi connectivity index (χ2v) is 6.22. The summed E-state index contributed by atoms with van der Waals surface area (Å²) in [7, 11) is 0. The largest absolute Gasteiger partial charge is 0.310 e. The topological polar surface area (TPSA) is 34.4 Å². The molecule has 126 valence electrons. The molecule has 0 N–H and O–H groups in total. The van der Waals surface area contributed by atoms with Crippen LogP contribution in [0.15, 0.2) is 66.2 Å². The Morgan fingerprint density at radius 3 is 2.72 bits per heavy atom. The van der Waals surface area contributed by atoms with Crippen molar-refractivity contribution in [1.29, 1.82) is 0 Å². The molecular weight excluding hydrogens is 342 g/mol. The first kappa shape index (κ1) is 17.0. The lowest BCUT2D eigenvalue weighted by molar-refractivity contribution is -0.113. The van der Waals surface area contributed by atoms with Crippen molar-refractivity contribution in [2.45, 2.75) is 6.54 Å². The standard InChI is InChI=1S/C19H14F2N2OS/c1-2-10-23-18-15(21)11-14(20)12-16(18)25-19(23)22-17(24)9-8-13-6-4-3-5-7-13/h2-9,11-12H,1,10H2/b9-8+,22-19?. The van der Waals surface area contributed by atoms with Crippen LogP contribution < -0.4 is 4.80 Å². The van der Waals surface area contributed by atoms with Crippen molar-refractivity contribution in [2.75, 3.05) is 0 Å². The fourth-order valence-electron chi connectivity index (χ4n) is 2.38. The Balaban J connectivity index is 2.04. The van der Waals surface area contributed by atoms with Gasteiger partial charge in [0.1, 0.15) is 5.82 Å². The molecule has 0 unspecified atom stereocenters. The summed E-state index contributed by atoms with van der Waals surface area (Å²) in [4.78, 5) is 16.4. The number of halogens is 2. The Morgan fingerprint density at radius 1 is 1.24 bits per heavy atom. The SMILES string of the molecule is C=CCn1c(=NC(=O)/C=C/c2ccccc2)sc2cc(F)cc(F)c21. The minimum absolute atomic E-state index is 0.213. The summed E-state index contributed by atoms with van der Waals surface area (Å²) in [5.74, 6) is -1.84. The van der Waals surface area contributed by atoms with Crippen molar-refractivity contribution >= 4 is 33.5 Å². The Kier molecular flexibility index (Phi) is 5.00. The van der Waals surface area contributed by atoms with Gasteiger partial charge in [-0.3, -0.25) is 4.79 Å². The van der Waals surface area contributed by atoms with Crippen LogP contribution >= 0.6 is 11.3 Å². The van der Waals surface area contributed by atoms with E-state index in [2.05, 4.69) is 11.6 Å². The first-order valence-electron chi connectivity index (χ1n) is 7.49. The number of thiazole rings is 1. The van der Waals surface area contributed by atoms with Gasteiger partial charge in [0.2, 0.25) is 0 Å². The van der Waals surface area contributed by atoms with Crippen LogP contribution in [0.2, 0.25) is 0 Å². The molecule has 0 atom stereocenters. The fraction of sp³-hybridized carbons (Fsp3) is 0.0526. The fourth-order valence-corrected chi connectivity index (χ4v) is 3.46. The molecule has 1 heterocycles. The molecule has 2 aromatic carbocycles. The van der Waals surface area contributed by atoms with Crippen molar-refractivity contribution in [3.8, 4) is 0 Å². The van der Waals surface area contributed by atoms with Crippen LogP contribution in [0.25, 0.3) is 16.3 Å². The van der Waals surface area contributed by atoms with E-state index in [1.807, 2.05) is 30.3 Å². The maximum absolute atomic E-state index is 14.1. The molecule has 0 aliphatic heterocycles. The van der Waals surface area contributed by atoms with Gasteiger partial charge in [0.15, 0.2) is 10.6 Å². The van der Waals surface area contributed by atoms with Gasteiger partial charge in [-0.15, -0.1) is 6.58 Å². The minimum atomic E-state index is -0.693. The number of hydrogen-bond acceptors (Lipinski definition) is 2. The molecule has 0 radical (unpaired) electrons. The lowest BCUT2D eigenvalue weighted by Crippen LogP contribution is -2.16. The third-order valence-corrected chi connectivity index (χ3v) is 4.46. The number of aromatic nitrogens is 1. The van der Waals surface area contributed by atoms with E-state index in [0.29, 0.717) is 9.50 Å². The monoisotopic (exact) mass is 356 g/mol. The number of nitrogens with zero attached hydrogens (tertiary/aromatic N) is 2. The van der Waals surface area contributed by atoms with E-state index in [1.54, 1.807) is 12.2 Å². The number of rotatable bonds is 4. The van der Waals surface area contributed by atoms with Crippen LogP contribution in [0.5, 0.6) is 0 Å². The zero-order valence-corrected chi connectivity index (χ0v) is 14.0. The maximum Gasteiger partial charge on any atom is 0.272 e. The highest BCUT2D eigenvalue weighted by Gasteiger charge is 2.12. The van der Waals surface area contributed by atoms with Gasteiger partial charge >= 0.3 is 0 Å². The maximum atomic E-state index is 14.1. The Bertz CT molecular complexity index is 1030. The second-order valence-electron chi connectivity index (χ2n) is 5.21. The first-order chi connectivity index (χ1) is 12.1. The van der Waals surface area contributed by atoms with E-state index in [9.17, 15) is 13.6 Å². The third kappa shape index (κ3) is 3.80. The van der Waals surface area contributed by atoms with Gasteiger partial charge in [0.05, 0.1) is 10.2 Å². The molecule has 1 amide bonds. The van der Waals surface area contributed by atoms with Gasteiger partial charge in [-0.1, -0.05) is 47.7 Å². The van der Waals surface area contributed by atoms with Crippen LogP contribution in [0, 0.1) is 11.6 Å². The zero-order chi connectivity index (χ0) is 17.8. The molecule has 6 heteroatoms. The lowest BCUT2D eigenvalue weighted by Gasteiger charge is -2.01. The average molecular weight is 356 g/mol. The van der Waals surface area contributed by atoms with Crippen molar-refractivity contribution < 1.29 is 13.6 Å². The van der Waals surface area contributed by atoms with E-state index < -0.39 is 17.5 Å². The molecule has 0 bridgehead atoms. The molecule has 0 aliphatic rings. The van der Waals surface area contributed by atoms with Crippen LogP contribution in [0.4, 0.5) is 8.78 Å². The number of carbonyl (C=O) groups excluding carboxylic acids is 1. The molecule has 1 aromatic heterocycles. The molecular formula is C19H14F2N2OS. The number of amides is 1. The van der Waals surface area contributed by atoms with Crippen molar-refractivity contribution in [3.05, 3.63) is 83.2 Å². The summed E-state index contributed by atoms with van der Waals surface area (Å²) in [5, 5.41) is 0. The second kappa shape index (κ2) is 7.36. The quantitative estimate of drug-likeness (QED) is 0.507. The molecule has 3 aromatic rings. The van der Waals surface area contributed by atoms with E-state index in [1.165, 1.54) is 16.7 Å². The van der Waals surface area contributed by atoms with Gasteiger partial charge in [0, 0.05) is 18.7 Å². The molecule has 25 heavy (non-hydrogen) atoms. The third-order valence-electron chi connectivity index (χ3n) is 3.43. The van der Waals surface area contributed by atoms with Crippen LogP contribution in [-0.4, -0.2) is 10.5 Å². The van der Waals surface area contributed by atoms with Crippen molar-refractivity contribution in [1.82, 2.24) is 4.57 Å². The minimum Gasteiger partial charge on any atom is -0.310 e. The summed E-state index contributed by atoms with van der Waals surface area (Å²) in [6, 6.07) is 11.4. The Labute approximate surface area is 146 Å². The van der Waals surface area contributed by atoms with Gasteiger partial charge in [-0.25, -0.2) is 8.78 Å². The molecule has 0 aliphatic carbocycles. The van der Waals surface area contributed by atoms with Gasteiger partial charge in [-0.2, -0.15) is 4.99 Å². The predicted molar refractivity (Wildman–Crippen MR) is 96.0 cm³/mol.